The molecular formula is C11H23NO. The number of hydrogen-bond donors (Lipinski definition) is 0. The minimum atomic E-state index is 0.168. The summed E-state index contributed by atoms with van der Waals surface area (Å²) in [4.78, 5) is 2.38. The zero-order chi connectivity index (χ0) is 9.73. The third-order valence-corrected chi connectivity index (χ3v) is 2.99. The van der Waals surface area contributed by atoms with Crippen molar-refractivity contribution >= 4 is 0 Å². The topological polar surface area (TPSA) is 12.5 Å². The smallest absolute Gasteiger partial charge is 0.0678 e. The minimum Gasteiger partial charge on any atom is -0.375 e. The number of ether oxygens (including phenoxy) is 1. The van der Waals surface area contributed by atoms with Crippen LogP contribution in [0.1, 0.15) is 39.5 Å². The largest absolute Gasteiger partial charge is 0.375 e. The molecule has 2 heteroatoms. The molecule has 1 fully saturated rings. The van der Waals surface area contributed by atoms with Crippen LogP contribution >= 0.6 is 0 Å². The Morgan fingerprint density at radius 3 is 2.46 bits per heavy atom. The fourth-order valence-electron chi connectivity index (χ4n) is 1.70. The monoisotopic (exact) mass is 185 g/mol. The molecule has 1 aliphatic rings. The molecule has 0 aromatic heterocycles. The first-order chi connectivity index (χ1) is 6.16. The summed E-state index contributed by atoms with van der Waals surface area (Å²) in [6.45, 7) is 7.78. The first kappa shape index (κ1) is 11.0. The van der Waals surface area contributed by atoms with Crippen molar-refractivity contribution in [3.8, 4) is 0 Å². The lowest BCUT2D eigenvalue weighted by molar-refractivity contribution is -0.0685. The highest BCUT2D eigenvalue weighted by Gasteiger charge is 2.28. The van der Waals surface area contributed by atoms with E-state index in [0.29, 0.717) is 0 Å². The van der Waals surface area contributed by atoms with Crippen molar-refractivity contribution in [2.75, 3.05) is 26.7 Å². The average Bonchev–Trinajstić information content (AvgIpc) is 2.12. The van der Waals surface area contributed by atoms with Gasteiger partial charge < -0.3 is 9.64 Å². The lowest BCUT2D eigenvalue weighted by atomic mass is 9.93. The highest BCUT2D eigenvalue weighted by molar-refractivity contribution is 4.82. The first-order valence-electron chi connectivity index (χ1n) is 5.49. The van der Waals surface area contributed by atoms with Crippen LogP contribution in [-0.4, -0.2) is 37.2 Å². The lowest BCUT2D eigenvalue weighted by Crippen LogP contribution is -2.42. The molecule has 13 heavy (non-hydrogen) atoms. The molecule has 0 radical (unpaired) electrons. The molecule has 1 heterocycles. The molecular weight excluding hydrogens is 162 g/mol. The maximum absolute atomic E-state index is 5.93. The summed E-state index contributed by atoms with van der Waals surface area (Å²) in [6, 6.07) is 0. The van der Waals surface area contributed by atoms with Crippen molar-refractivity contribution < 1.29 is 4.74 Å². The first-order valence-corrected chi connectivity index (χ1v) is 5.49. The molecule has 2 nitrogen and oxygen atoms in total. The van der Waals surface area contributed by atoms with Gasteiger partial charge >= 0.3 is 0 Å². The fraction of sp³-hybridized carbons (Fsp3) is 1.00. The van der Waals surface area contributed by atoms with Crippen LogP contribution in [0.2, 0.25) is 0 Å². The van der Waals surface area contributed by atoms with Crippen LogP contribution in [0.3, 0.4) is 0 Å². The Labute approximate surface area is 82.3 Å². The van der Waals surface area contributed by atoms with Crippen molar-refractivity contribution in [2.45, 2.75) is 45.1 Å². The van der Waals surface area contributed by atoms with Gasteiger partial charge in [-0.2, -0.15) is 0 Å². The molecule has 1 aliphatic heterocycles. The third kappa shape index (κ3) is 3.65. The molecule has 0 saturated carbocycles. The highest BCUT2D eigenvalue weighted by Crippen LogP contribution is 2.25. The second kappa shape index (κ2) is 4.97. The van der Waals surface area contributed by atoms with Gasteiger partial charge in [0, 0.05) is 19.7 Å². The van der Waals surface area contributed by atoms with E-state index in [0.717, 1.165) is 6.61 Å². The van der Waals surface area contributed by atoms with Crippen molar-refractivity contribution in [3.63, 3.8) is 0 Å². The zero-order valence-corrected chi connectivity index (χ0v) is 9.31. The van der Waals surface area contributed by atoms with Gasteiger partial charge in [-0.15, -0.1) is 0 Å². The summed E-state index contributed by atoms with van der Waals surface area (Å²) in [5.74, 6) is 0. The minimum absolute atomic E-state index is 0.168. The van der Waals surface area contributed by atoms with E-state index in [1.165, 1.54) is 38.8 Å². The summed E-state index contributed by atoms with van der Waals surface area (Å²) < 4.78 is 5.93. The molecule has 0 aromatic rings. The molecule has 1 saturated heterocycles. The quantitative estimate of drug-likeness (QED) is 0.623. The molecule has 1 rings (SSSR count). The lowest BCUT2D eigenvalue weighted by Gasteiger charge is -2.37. The van der Waals surface area contributed by atoms with E-state index in [2.05, 4.69) is 25.8 Å². The van der Waals surface area contributed by atoms with E-state index >= 15 is 0 Å². The Kier molecular flexibility index (Phi) is 4.20. The number of hydrogen-bond acceptors (Lipinski definition) is 2. The van der Waals surface area contributed by atoms with Crippen molar-refractivity contribution in [1.29, 1.82) is 0 Å². The normalized spacial score (nSPS) is 23.3. The van der Waals surface area contributed by atoms with Crippen LogP contribution in [0, 0.1) is 0 Å². The number of unbranched alkanes of at least 4 members (excludes halogenated alkanes) is 1. The van der Waals surface area contributed by atoms with Gasteiger partial charge in [-0.25, -0.2) is 0 Å². The Hall–Kier alpha value is -0.0800. The van der Waals surface area contributed by atoms with E-state index in [1.54, 1.807) is 0 Å². The number of nitrogens with zero attached hydrogens (tertiary/aromatic N) is 1. The molecule has 0 N–H and O–H groups in total. The van der Waals surface area contributed by atoms with Crippen molar-refractivity contribution in [3.05, 3.63) is 0 Å². The van der Waals surface area contributed by atoms with E-state index in [1.807, 2.05) is 0 Å². The van der Waals surface area contributed by atoms with Crippen LogP contribution in [0.25, 0.3) is 0 Å². The van der Waals surface area contributed by atoms with Crippen molar-refractivity contribution in [1.82, 2.24) is 4.90 Å². The summed E-state index contributed by atoms with van der Waals surface area (Å²) >= 11 is 0. The van der Waals surface area contributed by atoms with E-state index < -0.39 is 0 Å². The van der Waals surface area contributed by atoms with Crippen LogP contribution in [0.4, 0.5) is 0 Å². The highest BCUT2D eigenvalue weighted by atomic mass is 16.5. The van der Waals surface area contributed by atoms with Crippen LogP contribution in [0.5, 0.6) is 0 Å². The fourth-order valence-corrected chi connectivity index (χ4v) is 1.70. The molecule has 0 unspecified atom stereocenters. The van der Waals surface area contributed by atoms with Gasteiger partial charge in [0.05, 0.1) is 5.60 Å². The summed E-state index contributed by atoms with van der Waals surface area (Å²) in [7, 11) is 2.19. The number of likely N-dealkylation sites (tertiary alicyclic amines) is 1. The maximum atomic E-state index is 5.93. The summed E-state index contributed by atoms with van der Waals surface area (Å²) in [5, 5.41) is 0. The predicted octanol–water partition coefficient (Wildman–Crippen LogP) is 2.29. The van der Waals surface area contributed by atoms with Gasteiger partial charge in [-0.1, -0.05) is 13.3 Å². The molecule has 0 aromatic carbocycles. The predicted molar refractivity (Wildman–Crippen MR) is 56.0 cm³/mol. The van der Waals surface area contributed by atoms with E-state index in [-0.39, 0.29) is 5.60 Å². The van der Waals surface area contributed by atoms with Crippen LogP contribution < -0.4 is 0 Å². The zero-order valence-electron chi connectivity index (χ0n) is 9.31. The molecule has 0 amide bonds. The van der Waals surface area contributed by atoms with Gasteiger partial charge in [0.2, 0.25) is 0 Å². The van der Waals surface area contributed by atoms with Gasteiger partial charge in [-0.3, -0.25) is 0 Å². The van der Waals surface area contributed by atoms with Crippen LogP contribution in [0.15, 0.2) is 0 Å². The van der Waals surface area contributed by atoms with Gasteiger partial charge in [0.1, 0.15) is 0 Å². The molecule has 0 spiro atoms. The van der Waals surface area contributed by atoms with E-state index in [4.69, 9.17) is 4.74 Å². The Balaban J connectivity index is 2.22. The third-order valence-electron chi connectivity index (χ3n) is 2.99. The molecule has 0 atom stereocenters. The average molecular weight is 185 g/mol. The van der Waals surface area contributed by atoms with Gasteiger partial charge in [-0.05, 0) is 33.2 Å². The van der Waals surface area contributed by atoms with Gasteiger partial charge in [0.25, 0.3) is 0 Å². The molecule has 78 valence electrons. The molecule has 0 aliphatic carbocycles. The second-order valence-corrected chi connectivity index (χ2v) is 4.46. The van der Waals surface area contributed by atoms with Crippen molar-refractivity contribution in [2.24, 2.45) is 0 Å². The summed E-state index contributed by atoms with van der Waals surface area (Å²) in [6.07, 6.45) is 4.81. The Bertz CT molecular complexity index is 139. The van der Waals surface area contributed by atoms with Gasteiger partial charge in [0.15, 0.2) is 0 Å². The summed E-state index contributed by atoms with van der Waals surface area (Å²) in [5.41, 5.74) is 0.168. The Morgan fingerprint density at radius 2 is 1.92 bits per heavy atom. The number of rotatable bonds is 4. The standard InChI is InChI=1S/C11H23NO/c1-4-5-10-13-11(2)6-8-12(3)9-7-11/h4-10H2,1-3H3. The van der Waals surface area contributed by atoms with E-state index in [9.17, 15) is 0 Å². The maximum Gasteiger partial charge on any atom is 0.0678 e. The SMILES string of the molecule is CCCCOC1(C)CCN(C)CC1. The second-order valence-electron chi connectivity index (χ2n) is 4.46. The number of piperidine rings is 1. The Morgan fingerprint density at radius 1 is 1.31 bits per heavy atom. The molecule has 0 bridgehead atoms. The van der Waals surface area contributed by atoms with Crippen LogP contribution in [-0.2, 0) is 4.74 Å².